The van der Waals surface area contributed by atoms with Gasteiger partial charge in [-0.25, -0.2) is 9.07 Å². The van der Waals surface area contributed by atoms with Gasteiger partial charge in [-0.3, -0.25) is 4.90 Å². The van der Waals surface area contributed by atoms with E-state index < -0.39 is 0 Å². The minimum atomic E-state index is -0.267. The maximum Gasteiger partial charge on any atom is 0.123 e. The number of piperidine rings is 1. The first-order chi connectivity index (χ1) is 15.1. The molecule has 3 aromatic rings. The lowest BCUT2D eigenvalue weighted by Gasteiger charge is -2.33. The summed E-state index contributed by atoms with van der Waals surface area (Å²) < 4.78 is 21.0. The molecule has 1 aromatic heterocycles. The van der Waals surface area contributed by atoms with Crippen LogP contribution in [0.3, 0.4) is 0 Å². The fourth-order valence-electron chi connectivity index (χ4n) is 4.34. The Balaban J connectivity index is 1.60. The number of likely N-dealkylation sites (tertiary alicyclic amines) is 1. The van der Waals surface area contributed by atoms with Crippen LogP contribution in [0.25, 0.3) is 16.9 Å². The summed E-state index contributed by atoms with van der Waals surface area (Å²) in [4.78, 5) is 2.40. The van der Waals surface area contributed by atoms with Crippen LogP contribution in [-0.4, -0.2) is 46.1 Å². The van der Waals surface area contributed by atoms with E-state index in [2.05, 4.69) is 4.90 Å². The van der Waals surface area contributed by atoms with E-state index in [1.165, 1.54) is 12.1 Å². The number of hydrogen-bond donors (Lipinski definition) is 1. The van der Waals surface area contributed by atoms with E-state index in [9.17, 15) is 9.50 Å². The number of rotatable bonds is 7. The standard InChI is InChI=1S/C25H30FN3O2/c1-3-24(30)18-11-13-28(14-12-18)16-20-17-29(22-7-9-23(31-2)10-8-22)27-25(20)19-5-4-6-21(26)15-19/h4-10,15,17-18,24,30H,3,11-14,16H2,1-2H3/t24-/m1/s1. The SMILES string of the molecule is CC[C@@H](O)C1CCN(Cc2cn(-c3ccc(OC)cc3)nc2-c2cccc(F)c2)CC1. The van der Waals surface area contributed by atoms with Crippen molar-refractivity contribution in [2.24, 2.45) is 5.92 Å². The van der Waals surface area contributed by atoms with Crippen LogP contribution in [0.1, 0.15) is 31.7 Å². The van der Waals surface area contributed by atoms with Crippen LogP contribution in [0.4, 0.5) is 4.39 Å². The third-order valence-corrected chi connectivity index (χ3v) is 6.21. The molecular formula is C25H30FN3O2. The molecule has 0 bridgehead atoms. The molecule has 164 valence electrons. The number of benzene rings is 2. The smallest absolute Gasteiger partial charge is 0.123 e. The van der Waals surface area contributed by atoms with Crippen LogP contribution in [0, 0.1) is 11.7 Å². The van der Waals surface area contributed by atoms with Crippen LogP contribution < -0.4 is 4.74 Å². The summed E-state index contributed by atoms with van der Waals surface area (Å²) in [5.74, 6) is 0.904. The highest BCUT2D eigenvalue weighted by molar-refractivity contribution is 5.63. The number of aromatic nitrogens is 2. The lowest BCUT2D eigenvalue weighted by molar-refractivity contribution is 0.0550. The van der Waals surface area contributed by atoms with Gasteiger partial charge in [0.05, 0.1) is 24.6 Å². The first-order valence-corrected chi connectivity index (χ1v) is 11.0. The Hall–Kier alpha value is -2.70. The van der Waals surface area contributed by atoms with Crippen LogP contribution in [0.15, 0.2) is 54.7 Å². The summed E-state index contributed by atoms with van der Waals surface area (Å²) in [6.45, 7) is 4.67. The fourth-order valence-corrected chi connectivity index (χ4v) is 4.34. The molecule has 31 heavy (non-hydrogen) atoms. The zero-order valence-corrected chi connectivity index (χ0v) is 18.2. The van der Waals surface area contributed by atoms with Crippen molar-refractivity contribution < 1.29 is 14.2 Å². The predicted molar refractivity (Wildman–Crippen MR) is 120 cm³/mol. The Bertz CT molecular complexity index is 994. The van der Waals surface area contributed by atoms with Crippen LogP contribution in [-0.2, 0) is 6.54 Å². The third-order valence-electron chi connectivity index (χ3n) is 6.21. The second-order valence-electron chi connectivity index (χ2n) is 8.25. The van der Waals surface area contributed by atoms with Crippen LogP contribution >= 0.6 is 0 Å². The van der Waals surface area contributed by atoms with Gasteiger partial charge in [-0.1, -0.05) is 19.1 Å². The van der Waals surface area contributed by atoms with E-state index in [1.54, 1.807) is 13.2 Å². The van der Waals surface area contributed by atoms with Gasteiger partial charge in [0.2, 0.25) is 0 Å². The summed E-state index contributed by atoms with van der Waals surface area (Å²) in [5.41, 5.74) is 3.56. The number of aliphatic hydroxyl groups excluding tert-OH is 1. The molecule has 2 heterocycles. The molecule has 1 fully saturated rings. The van der Waals surface area contributed by atoms with Gasteiger partial charge in [0, 0.05) is 23.9 Å². The molecule has 0 radical (unpaired) electrons. The van der Waals surface area contributed by atoms with Crippen molar-refractivity contribution in [3.8, 4) is 22.7 Å². The first-order valence-electron chi connectivity index (χ1n) is 11.0. The average Bonchev–Trinajstić information content (AvgIpc) is 3.23. The summed E-state index contributed by atoms with van der Waals surface area (Å²) in [5, 5.41) is 15.0. The Morgan fingerprint density at radius 1 is 1.16 bits per heavy atom. The van der Waals surface area contributed by atoms with Gasteiger partial charge in [0.15, 0.2) is 0 Å². The highest BCUT2D eigenvalue weighted by Gasteiger charge is 2.25. The molecule has 1 saturated heterocycles. The lowest BCUT2D eigenvalue weighted by atomic mass is 9.90. The van der Waals surface area contributed by atoms with Crippen molar-refractivity contribution in [2.75, 3.05) is 20.2 Å². The van der Waals surface area contributed by atoms with Crippen molar-refractivity contribution in [3.63, 3.8) is 0 Å². The number of aliphatic hydroxyl groups is 1. The Morgan fingerprint density at radius 2 is 1.90 bits per heavy atom. The molecule has 1 aliphatic heterocycles. The van der Waals surface area contributed by atoms with Gasteiger partial charge in [-0.05, 0) is 74.7 Å². The monoisotopic (exact) mass is 423 g/mol. The molecular weight excluding hydrogens is 393 g/mol. The Labute approximate surface area is 183 Å². The van der Waals surface area contributed by atoms with Gasteiger partial charge < -0.3 is 9.84 Å². The van der Waals surface area contributed by atoms with Crippen molar-refractivity contribution in [1.29, 1.82) is 0 Å². The molecule has 0 unspecified atom stereocenters. The number of hydrogen-bond acceptors (Lipinski definition) is 4. The summed E-state index contributed by atoms with van der Waals surface area (Å²) in [6.07, 6.45) is 4.63. The molecule has 6 heteroatoms. The third kappa shape index (κ3) is 4.97. The van der Waals surface area contributed by atoms with Gasteiger partial charge in [0.25, 0.3) is 0 Å². The maximum absolute atomic E-state index is 13.9. The molecule has 5 nitrogen and oxygen atoms in total. The van der Waals surface area contributed by atoms with E-state index in [4.69, 9.17) is 9.84 Å². The maximum atomic E-state index is 13.9. The van der Waals surface area contributed by atoms with E-state index in [0.717, 1.165) is 67.2 Å². The number of halogens is 1. The molecule has 1 atom stereocenters. The minimum Gasteiger partial charge on any atom is -0.497 e. The molecule has 1 N–H and O–H groups in total. The zero-order chi connectivity index (χ0) is 21.8. The summed E-state index contributed by atoms with van der Waals surface area (Å²) in [7, 11) is 1.64. The van der Waals surface area contributed by atoms with Crippen molar-refractivity contribution in [3.05, 3.63) is 66.1 Å². The molecule has 4 rings (SSSR count). The van der Waals surface area contributed by atoms with Crippen LogP contribution in [0.5, 0.6) is 5.75 Å². The predicted octanol–water partition coefficient (Wildman–Crippen LogP) is 4.67. The first kappa shape index (κ1) is 21.5. The normalized spacial score (nSPS) is 16.4. The number of nitrogens with zero attached hydrogens (tertiary/aromatic N) is 3. The van der Waals surface area contributed by atoms with Crippen molar-refractivity contribution in [2.45, 2.75) is 38.8 Å². The molecule has 1 aliphatic rings. The Kier molecular flexibility index (Phi) is 6.68. The van der Waals surface area contributed by atoms with E-state index in [0.29, 0.717) is 5.92 Å². The van der Waals surface area contributed by atoms with Crippen molar-refractivity contribution in [1.82, 2.24) is 14.7 Å². The lowest BCUT2D eigenvalue weighted by Crippen LogP contribution is -2.37. The minimum absolute atomic E-state index is 0.206. The highest BCUT2D eigenvalue weighted by atomic mass is 19.1. The van der Waals surface area contributed by atoms with Gasteiger partial charge in [-0.2, -0.15) is 5.10 Å². The average molecular weight is 424 g/mol. The molecule has 2 aromatic carbocycles. The fraction of sp³-hybridized carbons (Fsp3) is 0.400. The van der Waals surface area contributed by atoms with E-state index >= 15 is 0 Å². The van der Waals surface area contributed by atoms with Gasteiger partial charge in [0.1, 0.15) is 11.6 Å². The molecule has 0 saturated carbocycles. The van der Waals surface area contributed by atoms with Gasteiger partial charge in [-0.15, -0.1) is 0 Å². The molecule has 0 spiro atoms. The summed E-state index contributed by atoms with van der Waals surface area (Å²) >= 11 is 0. The van der Waals surface area contributed by atoms with E-state index in [1.807, 2.05) is 48.1 Å². The van der Waals surface area contributed by atoms with Crippen molar-refractivity contribution >= 4 is 0 Å². The topological polar surface area (TPSA) is 50.5 Å². The second kappa shape index (κ2) is 9.62. The molecule has 0 amide bonds. The van der Waals surface area contributed by atoms with Crippen LogP contribution in [0.2, 0.25) is 0 Å². The summed E-state index contributed by atoms with van der Waals surface area (Å²) in [6, 6.07) is 14.3. The largest absolute Gasteiger partial charge is 0.497 e. The van der Waals surface area contributed by atoms with E-state index in [-0.39, 0.29) is 11.9 Å². The van der Waals surface area contributed by atoms with Gasteiger partial charge >= 0.3 is 0 Å². The zero-order valence-electron chi connectivity index (χ0n) is 18.2. The second-order valence-corrected chi connectivity index (χ2v) is 8.25. The molecule has 0 aliphatic carbocycles. The highest BCUT2D eigenvalue weighted by Crippen LogP contribution is 2.29. The quantitative estimate of drug-likeness (QED) is 0.600. The number of ether oxygens (including phenoxy) is 1. The number of methoxy groups -OCH3 is 1. The Morgan fingerprint density at radius 3 is 2.55 bits per heavy atom.